The first-order chi connectivity index (χ1) is 7.71. The second-order valence-electron chi connectivity index (χ2n) is 3.97. The van der Waals surface area contributed by atoms with Crippen molar-refractivity contribution in [1.29, 1.82) is 0 Å². The molecule has 0 unspecified atom stereocenters. The Labute approximate surface area is 127 Å². The summed E-state index contributed by atoms with van der Waals surface area (Å²) in [5.74, 6) is 0. The van der Waals surface area contributed by atoms with Crippen molar-refractivity contribution in [2.45, 2.75) is 18.8 Å². The van der Waals surface area contributed by atoms with E-state index in [1.54, 1.807) is 0 Å². The van der Waals surface area contributed by atoms with Gasteiger partial charge in [0.05, 0.1) is 10.7 Å². The number of aromatic nitrogens is 1. The lowest BCUT2D eigenvalue weighted by Crippen LogP contribution is -2.29. The standard InChI is InChI=1S/C10H13ClF3N3.2ClH/c1-17(2)5-6-3-7(11)8(16-4-6)9(15)10(12,13)14;;/h3-4,9H,5,15H2,1-2H3;2*1H/t9-;;/m1../s1. The van der Waals surface area contributed by atoms with Crippen LogP contribution in [0.25, 0.3) is 0 Å². The Bertz CT molecular complexity index is 399. The van der Waals surface area contributed by atoms with E-state index in [0.717, 1.165) is 5.56 Å². The monoisotopic (exact) mass is 339 g/mol. The van der Waals surface area contributed by atoms with Gasteiger partial charge in [-0.2, -0.15) is 13.2 Å². The predicted molar refractivity (Wildman–Crippen MR) is 74.1 cm³/mol. The number of nitrogens with zero attached hydrogens (tertiary/aromatic N) is 2. The van der Waals surface area contributed by atoms with Crippen LogP contribution in [0.5, 0.6) is 0 Å². The van der Waals surface area contributed by atoms with Gasteiger partial charge in [-0.3, -0.25) is 4.98 Å². The number of pyridine rings is 1. The van der Waals surface area contributed by atoms with Crippen LogP contribution in [-0.4, -0.2) is 30.2 Å². The van der Waals surface area contributed by atoms with Crippen LogP contribution in [0.4, 0.5) is 13.2 Å². The Morgan fingerprint density at radius 1 is 1.37 bits per heavy atom. The lowest BCUT2D eigenvalue weighted by Gasteiger charge is -2.17. The molecular weight excluding hydrogens is 325 g/mol. The third kappa shape index (κ3) is 6.14. The molecule has 1 rings (SSSR count). The maximum Gasteiger partial charge on any atom is 0.409 e. The van der Waals surface area contributed by atoms with Crippen LogP contribution >= 0.6 is 36.4 Å². The van der Waals surface area contributed by atoms with Gasteiger partial charge in [-0.25, -0.2) is 0 Å². The van der Waals surface area contributed by atoms with Crippen molar-refractivity contribution < 1.29 is 13.2 Å². The van der Waals surface area contributed by atoms with Crippen LogP contribution in [0.15, 0.2) is 12.3 Å². The summed E-state index contributed by atoms with van der Waals surface area (Å²) in [4.78, 5) is 5.55. The normalized spacial score (nSPS) is 12.6. The van der Waals surface area contributed by atoms with E-state index in [2.05, 4.69) is 4.98 Å². The average molecular weight is 341 g/mol. The Balaban J connectivity index is 0. The number of rotatable bonds is 3. The van der Waals surface area contributed by atoms with Gasteiger partial charge in [0, 0.05) is 12.7 Å². The topological polar surface area (TPSA) is 42.2 Å². The van der Waals surface area contributed by atoms with Crippen LogP contribution in [0.3, 0.4) is 0 Å². The van der Waals surface area contributed by atoms with Crippen molar-refractivity contribution in [2.75, 3.05) is 14.1 Å². The van der Waals surface area contributed by atoms with Crippen molar-refractivity contribution in [2.24, 2.45) is 5.73 Å². The van der Waals surface area contributed by atoms with Gasteiger partial charge < -0.3 is 10.6 Å². The first-order valence-corrected chi connectivity index (χ1v) is 5.21. The van der Waals surface area contributed by atoms with E-state index in [1.165, 1.54) is 12.3 Å². The number of halogens is 6. The zero-order valence-electron chi connectivity index (χ0n) is 10.2. The average Bonchev–Trinajstić information content (AvgIpc) is 2.14. The van der Waals surface area contributed by atoms with Crippen molar-refractivity contribution >= 4 is 36.4 Å². The smallest absolute Gasteiger partial charge is 0.315 e. The Kier molecular flexibility index (Phi) is 8.98. The molecule has 1 heterocycles. The minimum Gasteiger partial charge on any atom is -0.315 e. The van der Waals surface area contributed by atoms with Gasteiger partial charge in [0.1, 0.15) is 6.04 Å². The Morgan fingerprint density at radius 2 is 1.89 bits per heavy atom. The SMILES string of the molecule is CN(C)Cc1cnc([C@@H](N)C(F)(F)F)c(Cl)c1.Cl.Cl. The molecule has 9 heteroatoms. The molecule has 0 aliphatic carbocycles. The number of hydrogen-bond acceptors (Lipinski definition) is 3. The lowest BCUT2D eigenvalue weighted by atomic mass is 10.1. The van der Waals surface area contributed by atoms with Gasteiger partial charge in [0.25, 0.3) is 0 Å². The molecule has 0 aliphatic rings. The van der Waals surface area contributed by atoms with Crippen molar-refractivity contribution in [3.63, 3.8) is 0 Å². The first kappa shape index (κ1) is 21.0. The van der Waals surface area contributed by atoms with Gasteiger partial charge in [-0.05, 0) is 25.7 Å². The summed E-state index contributed by atoms with van der Waals surface area (Å²) >= 11 is 5.75. The summed E-state index contributed by atoms with van der Waals surface area (Å²) in [6, 6.07) is -0.696. The van der Waals surface area contributed by atoms with Crippen LogP contribution in [0.1, 0.15) is 17.3 Å². The molecule has 0 fully saturated rings. The van der Waals surface area contributed by atoms with Gasteiger partial charge in [-0.1, -0.05) is 11.6 Å². The maximum absolute atomic E-state index is 12.4. The van der Waals surface area contributed by atoms with Crippen LogP contribution in [0.2, 0.25) is 5.02 Å². The molecule has 0 aliphatic heterocycles. The molecule has 0 bridgehead atoms. The zero-order chi connectivity index (χ0) is 13.2. The molecule has 1 aromatic rings. The van der Waals surface area contributed by atoms with Crippen LogP contribution in [0, 0.1) is 0 Å². The van der Waals surface area contributed by atoms with E-state index in [-0.39, 0.29) is 35.5 Å². The summed E-state index contributed by atoms with van der Waals surface area (Å²) in [6.07, 6.45) is -3.19. The summed E-state index contributed by atoms with van der Waals surface area (Å²) in [6.45, 7) is 0.550. The predicted octanol–water partition coefficient (Wildman–Crippen LogP) is 3.20. The van der Waals surface area contributed by atoms with E-state index >= 15 is 0 Å². The highest BCUT2D eigenvalue weighted by atomic mass is 35.5. The largest absolute Gasteiger partial charge is 0.409 e. The number of nitrogens with two attached hydrogens (primary N) is 1. The third-order valence-electron chi connectivity index (χ3n) is 2.07. The minimum atomic E-state index is -4.54. The molecule has 19 heavy (non-hydrogen) atoms. The van der Waals surface area contributed by atoms with Crippen LogP contribution < -0.4 is 5.73 Å². The molecule has 0 aromatic carbocycles. The van der Waals surface area contributed by atoms with E-state index in [1.807, 2.05) is 19.0 Å². The molecule has 112 valence electrons. The fraction of sp³-hybridized carbons (Fsp3) is 0.500. The Morgan fingerprint density at radius 3 is 2.26 bits per heavy atom. The highest BCUT2D eigenvalue weighted by Gasteiger charge is 2.39. The summed E-state index contributed by atoms with van der Waals surface area (Å²) in [5.41, 5.74) is 5.43. The molecule has 0 saturated carbocycles. The first-order valence-electron chi connectivity index (χ1n) is 4.83. The molecule has 1 atom stereocenters. The molecule has 3 nitrogen and oxygen atoms in total. The summed E-state index contributed by atoms with van der Waals surface area (Å²) < 4.78 is 37.2. The fourth-order valence-electron chi connectivity index (χ4n) is 1.32. The molecule has 1 aromatic heterocycles. The maximum atomic E-state index is 12.4. The number of alkyl halides is 3. The molecule has 0 saturated heterocycles. The van der Waals surface area contributed by atoms with Crippen molar-refractivity contribution in [1.82, 2.24) is 9.88 Å². The third-order valence-corrected chi connectivity index (χ3v) is 2.38. The zero-order valence-corrected chi connectivity index (χ0v) is 12.6. The number of hydrogen-bond donors (Lipinski definition) is 1. The molecular formula is C10H15Cl3F3N3. The fourth-order valence-corrected chi connectivity index (χ4v) is 1.63. The molecule has 0 spiro atoms. The Hall–Kier alpha value is -0.270. The molecule has 2 N–H and O–H groups in total. The van der Waals surface area contributed by atoms with E-state index in [9.17, 15) is 13.2 Å². The summed E-state index contributed by atoms with van der Waals surface area (Å²) in [7, 11) is 3.67. The van der Waals surface area contributed by atoms with E-state index < -0.39 is 12.2 Å². The molecule has 0 radical (unpaired) electrons. The highest BCUT2D eigenvalue weighted by molar-refractivity contribution is 6.31. The van der Waals surface area contributed by atoms with Crippen LogP contribution in [-0.2, 0) is 6.54 Å². The van der Waals surface area contributed by atoms with Gasteiger partial charge in [0.2, 0.25) is 0 Å². The second kappa shape index (κ2) is 8.11. The second-order valence-corrected chi connectivity index (χ2v) is 4.37. The van der Waals surface area contributed by atoms with Crippen molar-refractivity contribution in [3.05, 3.63) is 28.5 Å². The quantitative estimate of drug-likeness (QED) is 0.919. The lowest BCUT2D eigenvalue weighted by molar-refractivity contribution is -0.149. The van der Waals surface area contributed by atoms with E-state index in [4.69, 9.17) is 17.3 Å². The van der Waals surface area contributed by atoms with Gasteiger partial charge in [0.15, 0.2) is 0 Å². The highest BCUT2D eigenvalue weighted by Crippen LogP contribution is 2.33. The minimum absolute atomic E-state index is 0. The molecule has 0 amide bonds. The van der Waals surface area contributed by atoms with Gasteiger partial charge >= 0.3 is 6.18 Å². The van der Waals surface area contributed by atoms with E-state index in [0.29, 0.717) is 6.54 Å². The van der Waals surface area contributed by atoms with Crippen molar-refractivity contribution in [3.8, 4) is 0 Å². The van der Waals surface area contributed by atoms with Gasteiger partial charge in [-0.15, -0.1) is 24.8 Å². The summed E-state index contributed by atoms with van der Waals surface area (Å²) in [5, 5.41) is -0.0609.